The number of hydrogen-bond donors (Lipinski definition) is 0. The van der Waals surface area contributed by atoms with Gasteiger partial charge in [-0.3, -0.25) is 10.1 Å². The highest BCUT2D eigenvalue weighted by atomic mass is 16.6. The second kappa shape index (κ2) is 7.83. The number of ether oxygens (including phenoxy) is 2. The summed E-state index contributed by atoms with van der Waals surface area (Å²) in [6, 6.07) is 7.07. The van der Waals surface area contributed by atoms with Gasteiger partial charge in [-0.25, -0.2) is 4.79 Å². The van der Waals surface area contributed by atoms with Gasteiger partial charge in [0.15, 0.2) is 0 Å². The van der Waals surface area contributed by atoms with E-state index in [1.165, 1.54) is 22.4 Å². The number of aryl methyl sites for hydroxylation is 2. The fraction of sp³-hybridized carbons (Fsp3) is 0.389. The molecule has 0 aliphatic carbocycles. The first kappa shape index (κ1) is 18.5. The number of carbonyl (C=O) groups is 1. The number of nitrogens with zero attached hydrogens (tertiary/aromatic N) is 2. The Balaban J connectivity index is 1.86. The molecule has 0 saturated heterocycles. The molecule has 0 N–H and O–H groups in total. The van der Waals surface area contributed by atoms with Crippen LogP contribution in [-0.4, -0.2) is 28.7 Å². The topological polar surface area (TPSA) is 83.6 Å². The summed E-state index contributed by atoms with van der Waals surface area (Å²) in [5.74, 6) is 0.544. The van der Waals surface area contributed by atoms with Crippen molar-refractivity contribution in [3.8, 4) is 5.75 Å². The Hall–Kier alpha value is -2.83. The van der Waals surface area contributed by atoms with Gasteiger partial charge in [0.1, 0.15) is 24.7 Å². The van der Waals surface area contributed by atoms with Gasteiger partial charge in [-0.2, -0.15) is 0 Å². The van der Waals surface area contributed by atoms with Crippen molar-refractivity contribution in [2.75, 3.05) is 13.2 Å². The number of hydrogen-bond acceptors (Lipinski definition) is 5. The molecule has 0 aliphatic heterocycles. The molecule has 25 heavy (non-hydrogen) atoms. The lowest BCUT2D eigenvalue weighted by molar-refractivity contribution is -0.384. The van der Waals surface area contributed by atoms with E-state index in [1.807, 2.05) is 25.1 Å². The van der Waals surface area contributed by atoms with Gasteiger partial charge < -0.3 is 14.0 Å². The van der Waals surface area contributed by atoms with Gasteiger partial charge in [0.25, 0.3) is 5.69 Å². The number of benzene rings is 1. The molecule has 0 spiro atoms. The second-order valence-electron chi connectivity index (χ2n) is 6.11. The lowest BCUT2D eigenvalue weighted by atomic mass is 9.98. The fourth-order valence-electron chi connectivity index (χ4n) is 2.60. The van der Waals surface area contributed by atoms with E-state index in [2.05, 4.69) is 13.8 Å². The minimum Gasteiger partial charge on any atom is -0.490 e. The zero-order valence-electron chi connectivity index (χ0n) is 14.8. The molecule has 134 valence electrons. The lowest BCUT2D eigenvalue weighted by Gasteiger charge is -2.12. The quantitative estimate of drug-likeness (QED) is 0.331. The van der Waals surface area contributed by atoms with Gasteiger partial charge in [0, 0.05) is 13.1 Å². The summed E-state index contributed by atoms with van der Waals surface area (Å²) in [6.07, 6.45) is 1.27. The average Bonchev–Trinajstić information content (AvgIpc) is 2.93. The van der Waals surface area contributed by atoms with Crippen LogP contribution in [0.2, 0.25) is 0 Å². The molecular formula is C18H22N2O5. The summed E-state index contributed by atoms with van der Waals surface area (Å²) in [4.78, 5) is 22.1. The first-order valence-electron chi connectivity index (χ1n) is 8.00. The van der Waals surface area contributed by atoms with E-state index >= 15 is 0 Å². The highest BCUT2D eigenvalue weighted by Gasteiger charge is 2.18. The maximum Gasteiger partial charge on any atom is 0.355 e. The van der Waals surface area contributed by atoms with Crippen LogP contribution in [0, 0.1) is 17.0 Å². The molecule has 1 aromatic heterocycles. The molecule has 0 fully saturated rings. The van der Waals surface area contributed by atoms with E-state index in [-0.39, 0.29) is 24.6 Å². The van der Waals surface area contributed by atoms with Crippen LogP contribution in [0.4, 0.5) is 5.69 Å². The second-order valence-corrected chi connectivity index (χ2v) is 6.11. The molecule has 0 radical (unpaired) electrons. The molecule has 1 heterocycles. The average molecular weight is 346 g/mol. The molecule has 2 rings (SSSR count). The predicted molar refractivity (Wildman–Crippen MR) is 93.1 cm³/mol. The summed E-state index contributed by atoms with van der Waals surface area (Å²) in [5, 5.41) is 10.7. The van der Waals surface area contributed by atoms with Gasteiger partial charge in [-0.15, -0.1) is 0 Å². The summed E-state index contributed by atoms with van der Waals surface area (Å²) in [6.45, 7) is 6.57. The molecule has 0 bridgehead atoms. The van der Waals surface area contributed by atoms with E-state index in [0.29, 0.717) is 11.7 Å². The number of aromatic nitrogens is 1. The van der Waals surface area contributed by atoms with Crippen molar-refractivity contribution in [1.82, 2.24) is 4.57 Å². The molecule has 0 saturated carbocycles. The molecule has 0 aliphatic rings. The van der Waals surface area contributed by atoms with Crippen LogP contribution in [0.25, 0.3) is 0 Å². The van der Waals surface area contributed by atoms with Crippen molar-refractivity contribution < 1.29 is 19.2 Å². The maximum absolute atomic E-state index is 12.0. The zero-order valence-corrected chi connectivity index (χ0v) is 14.8. The first-order chi connectivity index (χ1) is 11.8. The highest BCUT2D eigenvalue weighted by molar-refractivity contribution is 5.88. The Bertz CT molecular complexity index is 780. The number of nitro groups is 1. The van der Waals surface area contributed by atoms with Crippen molar-refractivity contribution in [2.45, 2.75) is 26.7 Å². The van der Waals surface area contributed by atoms with Gasteiger partial charge in [-0.1, -0.05) is 19.9 Å². The van der Waals surface area contributed by atoms with Crippen LogP contribution < -0.4 is 4.74 Å². The van der Waals surface area contributed by atoms with E-state index < -0.39 is 10.9 Å². The van der Waals surface area contributed by atoms with Crippen molar-refractivity contribution in [2.24, 2.45) is 7.05 Å². The van der Waals surface area contributed by atoms with E-state index in [4.69, 9.17) is 9.47 Å². The lowest BCUT2D eigenvalue weighted by Crippen LogP contribution is -2.14. The summed E-state index contributed by atoms with van der Waals surface area (Å²) >= 11 is 0. The van der Waals surface area contributed by atoms with Crippen LogP contribution in [0.5, 0.6) is 5.75 Å². The maximum atomic E-state index is 12.0. The van der Waals surface area contributed by atoms with Crippen molar-refractivity contribution in [1.29, 1.82) is 0 Å². The Morgan fingerprint density at radius 1 is 1.28 bits per heavy atom. The minimum absolute atomic E-state index is 0.0583. The predicted octanol–water partition coefficient (Wildman–Crippen LogP) is 3.60. The van der Waals surface area contributed by atoms with Crippen LogP contribution in [0.15, 0.2) is 30.5 Å². The Morgan fingerprint density at radius 3 is 2.56 bits per heavy atom. The van der Waals surface area contributed by atoms with E-state index in [1.54, 1.807) is 7.05 Å². The van der Waals surface area contributed by atoms with Crippen molar-refractivity contribution in [3.05, 3.63) is 57.4 Å². The van der Waals surface area contributed by atoms with Gasteiger partial charge >= 0.3 is 5.97 Å². The Morgan fingerprint density at radius 2 is 2.00 bits per heavy atom. The molecule has 7 heteroatoms. The smallest absolute Gasteiger partial charge is 0.355 e. The monoisotopic (exact) mass is 346 g/mol. The van der Waals surface area contributed by atoms with Gasteiger partial charge in [0.05, 0.1) is 11.1 Å². The van der Waals surface area contributed by atoms with Crippen LogP contribution >= 0.6 is 0 Å². The number of esters is 1. The van der Waals surface area contributed by atoms with Crippen molar-refractivity contribution in [3.63, 3.8) is 0 Å². The van der Waals surface area contributed by atoms with Gasteiger partial charge in [-0.05, 0) is 36.1 Å². The van der Waals surface area contributed by atoms with Crippen LogP contribution in [0.1, 0.15) is 41.4 Å². The fourth-order valence-corrected chi connectivity index (χ4v) is 2.60. The molecule has 0 atom stereocenters. The summed E-state index contributed by atoms with van der Waals surface area (Å²) in [7, 11) is 1.55. The van der Waals surface area contributed by atoms with E-state index in [0.717, 1.165) is 5.56 Å². The first-order valence-corrected chi connectivity index (χ1v) is 8.00. The Labute approximate surface area is 146 Å². The molecule has 2 aromatic rings. The zero-order chi connectivity index (χ0) is 18.6. The third kappa shape index (κ3) is 4.59. The minimum atomic E-state index is -0.620. The van der Waals surface area contributed by atoms with E-state index in [9.17, 15) is 14.9 Å². The molecule has 0 unspecified atom stereocenters. The number of carbonyl (C=O) groups excluding carboxylic acids is 1. The van der Waals surface area contributed by atoms with Crippen LogP contribution in [-0.2, 0) is 11.8 Å². The van der Waals surface area contributed by atoms with Crippen LogP contribution in [0.3, 0.4) is 0 Å². The summed E-state index contributed by atoms with van der Waals surface area (Å²) in [5.41, 5.74) is 2.40. The number of rotatable bonds is 7. The SMILES string of the molecule is Cc1cc(OCCOC(=O)c2cc([N+](=O)[O-])cn2C)ccc1C(C)C. The molecule has 1 aromatic carbocycles. The molecule has 0 amide bonds. The summed E-state index contributed by atoms with van der Waals surface area (Å²) < 4.78 is 12.1. The standard InChI is InChI=1S/C18H22N2O5/c1-12(2)16-6-5-15(9-13(16)3)24-7-8-25-18(21)17-10-14(20(22)23)11-19(17)4/h5-6,9-12H,7-8H2,1-4H3. The van der Waals surface area contributed by atoms with Crippen molar-refractivity contribution >= 4 is 11.7 Å². The largest absolute Gasteiger partial charge is 0.490 e. The normalized spacial score (nSPS) is 10.8. The molecular weight excluding hydrogens is 324 g/mol. The third-order valence-electron chi connectivity index (χ3n) is 3.86. The molecule has 7 nitrogen and oxygen atoms in total. The third-order valence-corrected chi connectivity index (χ3v) is 3.86. The highest BCUT2D eigenvalue weighted by Crippen LogP contribution is 2.23. The van der Waals surface area contributed by atoms with Gasteiger partial charge in [0.2, 0.25) is 0 Å². The Kier molecular flexibility index (Phi) is 5.80.